The average Bonchev–Trinajstić information content (AvgIpc) is 3.78. The zero-order chi connectivity index (χ0) is 43.1. The Balaban J connectivity index is 1.30. The topological polar surface area (TPSA) is 185 Å². The Hall–Kier alpha value is -6.52. The number of rotatable bonds is 19. The van der Waals surface area contributed by atoms with Gasteiger partial charge in [-0.05, 0) is 55.5 Å². The molecule has 0 amide bonds. The molecule has 0 aliphatic carbocycles. The molecule has 6 rings (SSSR count). The first kappa shape index (κ1) is 44.0. The van der Waals surface area contributed by atoms with Gasteiger partial charge in [-0.25, -0.2) is 19.2 Å². The lowest BCUT2D eigenvalue weighted by molar-refractivity contribution is -0.205. The van der Waals surface area contributed by atoms with Crippen LogP contribution in [0.1, 0.15) is 61.2 Å². The number of ketones is 1. The molecule has 2 fully saturated rings. The van der Waals surface area contributed by atoms with Crippen LogP contribution in [0, 0.1) is 0 Å². The molecule has 0 saturated carbocycles. The average molecular weight is 837 g/mol. The summed E-state index contributed by atoms with van der Waals surface area (Å²) in [5.41, 5.74) is 0.734. The molecular formula is C46H44O15. The van der Waals surface area contributed by atoms with Gasteiger partial charge in [0, 0.05) is 6.42 Å². The van der Waals surface area contributed by atoms with Crippen LogP contribution in [-0.2, 0) is 52.2 Å². The van der Waals surface area contributed by atoms with E-state index in [-0.39, 0.29) is 47.5 Å². The van der Waals surface area contributed by atoms with E-state index in [0.29, 0.717) is 0 Å². The number of carbonyl (C=O) groups excluding carboxylic acids is 6. The Morgan fingerprint density at radius 3 is 1.25 bits per heavy atom. The molecule has 0 bridgehead atoms. The lowest BCUT2D eigenvalue weighted by Gasteiger charge is -2.26. The maximum Gasteiger partial charge on any atom is 0.338 e. The van der Waals surface area contributed by atoms with Gasteiger partial charge in [0.05, 0.1) is 41.9 Å². The molecule has 2 aliphatic rings. The third kappa shape index (κ3) is 12.0. The maximum atomic E-state index is 13.6. The molecule has 61 heavy (non-hydrogen) atoms. The predicted octanol–water partition coefficient (Wildman–Crippen LogP) is 5.47. The normalized spacial score (nSPS) is 23.0. The van der Waals surface area contributed by atoms with Crippen molar-refractivity contribution in [3.8, 4) is 0 Å². The van der Waals surface area contributed by atoms with Crippen molar-refractivity contribution in [2.75, 3.05) is 19.8 Å². The molecule has 4 aromatic carbocycles. The second-order valence-electron chi connectivity index (χ2n) is 13.9. The molecule has 15 nitrogen and oxygen atoms in total. The summed E-state index contributed by atoms with van der Waals surface area (Å²) in [4.78, 5) is 78.3. The molecule has 2 aliphatic heterocycles. The number of hydrogen-bond acceptors (Lipinski definition) is 15. The molecule has 8 atom stereocenters. The smallest absolute Gasteiger partial charge is 0.338 e. The van der Waals surface area contributed by atoms with Crippen LogP contribution >= 0.6 is 0 Å². The maximum absolute atomic E-state index is 13.6. The van der Waals surface area contributed by atoms with Gasteiger partial charge in [-0.1, -0.05) is 78.9 Å². The quantitative estimate of drug-likeness (QED) is 0.0657. The lowest BCUT2D eigenvalue weighted by Crippen LogP contribution is -2.44. The van der Waals surface area contributed by atoms with Crippen LogP contribution in [0.2, 0.25) is 0 Å². The summed E-state index contributed by atoms with van der Waals surface area (Å²) in [5.74, 6) is -4.09. The highest BCUT2D eigenvalue weighted by Gasteiger charge is 2.54. The first-order valence-corrected chi connectivity index (χ1v) is 19.5. The Bertz CT molecular complexity index is 2110. The van der Waals surface area contributed by atoms with E-state index in [2.05, 4.69) is 6.58 Å². The summed E-state index contributed by atoms with van der Waals surface area (Å²) in [7, 11) is 0. The molecule has 318 valence electrons. The van der Waals surface area contributed by atoms with Gasteiger partial charge >= 0.3 is 29.8 Å². The van der Waals surface area contributed by atoms with E-state index in [9.17, 15) is 28.8 Å². The summed E-state index contributed by atoms with van der Waals surface area (Å²) in [6.45, 7) is 4.03. The summed E-state index contributed by atoms with van der Waals surface area (Å²) in [6.07, 6.45) is -9.65. The standard InChI is InChI=1S/C46H44O15/c1-3-26-53-45-39(60-43(51)32-20-12-6-13-21-32)38(59-42(50)31-18-10-5-11-19-31)35(56-45)28-55-46-40(61-44(52)33-22-14-7-15-23-33)37(58-41(49)30-16-8-4-9-17-30)34(57-46)27-54-36(48)25-24-29(2)47/h3-23,34-35,37-40,45-46H,1,24-28H2,2H3/t34-,35-,37-,38-,39+,40+,45+,46+/m1/s1. The minimum absolute atomic E-state index is 0.0402. The number of carbonyl (C=O) groups is 6. The van der Waals surface area contributed by atoms with Crippen LogP contribution in [0.25, 0.3) is 0 Å². The molecule has 0 aromatic heterocycles. The number of Topliss-reactive ketones (excluding diaryl/α,β-unsaturated/α-hetero) is 1. The summed E-state index contributed by atoms with van der Waals surface area (Å²) >= 11 is 0. The molecule has 0 radical (unpaired) electrons. The largest absolute Gasteiger partial charge is 0.463 e. The zero-order valence-corrected chi connectivity index (χ0v) is 33.1. The number of ether oxygens (including phenoxy) is 9. The first-order chi connectivity index (χ1) is 29.6. The van der Waals surface area contributed by atoms with Crippen LogP contribution in [-0.4, -0.2) is 105 Å². The predicted molar refractivity (Wildman–Crippen MR) is 213 cm³/mol. The van der Waals surface area contributed by atoms with Crippen molar-refractivity contribution >= 4 is 35.6 Å². The summed E-state index contributed by atoms with van der Waals surface area (Å²) in [5, 5.41) is 0. The minimum Gasteiger partial charge on any atom is -0.463 e. The van der Waals surface area contributed by atoms with E-state index in [0.717, 1.165) is 0 Å². The summed E-state index contributed by atoms with van der Waals surface area (Å²) < 4.78 is 53.8. The molecule has 15 heteroatoms. The second kappa shape index (κ2) is 21.7. The van der Waals surface area contributed by atoms with Gasteiger partial charge in [0.1, 0.15) is 24.6 Å². The molecule has 0 N–H and O–H groups in total. The van der Waals surface area contributed by atoms with Crippen LogP contribution < -0.4 is 0 Å². The molecule has 4 aromatic rings. The van der Waals surface area contributed by atoms with Gasteiger partial charge in [0.2, 0.25) is 0 Å². The van der Waals surface area contributed by atoms with Gasteiger partial charge in [-0.3, -0.25) is 4.79 Å². The third-order valence-corrected chi connectivity index (χ3v) is 9.44. The van der Waals surface area contributed by atoms with E-state index in [1.807, 2.05) is 0 Å². The summed E-state index contributed by atoms with van der Waals surface area (Å²) in [6, 6.07) is 32.3. The van der Waals surface area contributed by atoms with Crippen molar-refractivity contribution in [3.63, 3.8) is 0 Å². The van der Waals surface area contributed by atoms with Crippen LogP contribution in [0.4, 0.5) is 0 Å². The third-order valence-electron chi connectivity index (χ3n) is 9.44. The van der Waals surface area contributed by atoms with Crippen molar-refractivity contribution < 1.29 is 71.4 Å². The fourth-order valence-corrected chi connectivity index (χ4v) is 6.40. The Morgan fingerprint density at radius 2 is 0.869 bits per heavy atom. The highest BCUT2D eigenvalue weighted by molar-refractivity contribution is 5.91. The van der Waals surface area contributed by atoms with Crippen molar-refractivity contribution in [2.24, 2.45) is 0 Å². The van der Waals surface area contributed by atoms with Crippen molar-refractivity contribution in [2.45, 2.75) is 69.0 Å². The first-order valence-electron chi connectivity index (χ1n) is 19.5. The van der Waals surface area contributed by atoms with Crippen molar-refractivity contribution in [1.29, 1.82) is 0 Å². The van der Waals surface area contributed by atoms with Crippen LogP contribution in [0.3, 0.4) is 0 Å². The van der Waals surface area contributed by atoms with E-state index in [1.54, 1.807) is 97.1 Å². The fourth-order valence-electron chi connectivity index (χ4n) is 6.40. The van der Waals surface area contributed by atoms with Crippen LogP contribution in [0.5, 0.6) is 0 Å². The molecule has 0 spiro atoms. The zero-order valence-electron chi connectivity index (χ0n) is 33.1. The van der Waals surface area contributed by atoms with Gasteiger partial charge in [0.25, 0.3) is 0 Å². The van der Waals surface area contributed by atoms with E-state index in [4.69, 9.17) is 42.6 Å². The minimum atomic E-state index is -1.52. The monoisotopic (exact) mass is 836 g/mol. The van der Waals surface area contributed by atoms with E-state index >= 15 is 0 Å². The Morgan fingerprint density at radius 1 is 0.508 bits per heavy atom. The highest BCUT2D eigenvalue weighted by Crippen LogP contribution is 2.34. The number of hydrogen-bond donors (Lipinski definition) is 0. The van der Waals surface area contributed by atoms with Gasteiger partial charge in [-0.15, -0.1) is 6.58 Å². The van der Waals surface area contributed by atoms with E-state index < -0.39 is 92.3 Å². The second-order valence-corrected chi connectivity index (χ2v) is 13.9. The van der Waals surface area contributed by atoms with Crippen molar-refractivity contribution in [1.82, 2.24) is 0 Å². The lowest BCUT2D eigenvalue weighted by atomic mass is 10.1. The van der Waals surface area contributed by atoms with E-state index in [1.165, 1.54) is 37.3 Å². The van der Waals surface area contributed by atoms with Crippen molar-refractivity contribution in [3.05, 3.63) is 156 Å². The molecule has 0 unspecified atom stereocenters. The highest BCUT2D eigenvalue weighted by atomic mass is 16.8. The molecule has 2 saturated heterocycles. The van der Waals surface area contributed by atoms with Crippen LogP contribution in [0.15, 0.2) is 134 Å². The Kier molecular flexibility index (Phi) is 15.6. The fraction of sp³-hybridized carbons (Fsp3) is 0.304. The molecule has 2 heterocycles. The van der Waals surface area contributed by atoms with Gasteiger partial charge in [-0.2, -0.15) is 0 Å². The number of esters is 5. The number of benzene rings is 4. The van der Waals surface area contributed by atoms with Gasteiger partial charge in [0.15, 0.2) is 37.0 Å². The van der Waals surface area contributed by atoms with Gasteiger partial charge < -0.3 is 47.4 Å². The molecular weight excluding hydrogens is 792 g/mol. The SMILES string of the molecule is C=CCO[C@H]1O[C@H](CO[C@H]2O[C@H](COC(=O)CCC(C)=O)[C@@H](OC(=O)c3ccccc3)[C@@H]2OC(=O)c2ccccc2)[C@@H](OC(=O)c2ccccc2)[C@@H]1OC(=O)c1ccccc1. The Labute approximate surface area is 351 Å².